The molecule has 10 aromatic rings. The maximum absolute atomic E-state index is 7.05. The van der Waals surface area contributed by atoms with Gasteiger partial charge in [-0.05, 0) is 146 Å². The third kappa shape index (κ3) is 5.23. The first-order chi connectivity index (χ1) is 33.4. The monoisotopic (exact) mass is 891 g/mol. The van der Waals surface area contributed by atoms with Crippen LogP contribution in [0, 0.1) is 13.8 Å². The highest BCUT2D eigenvalue weighted by Gasteiger charge is 2.49. The molecule has 334 valence electrons. The average Bonchev–Trinajstić information content (AvgIpc) is 4.00. The largest absolute Gasteiger partial charge is 0.488 e. The highest BCUT2D eigenvalue weighted by atomic mass is 16.5. The van der Waals surface area contributed by atoms with Gasteiger partial charge in [0.15, 0.2) is 0 Å². The topological polar surface area (TPSA) is 25.6 Å². The number of para-hydroxylation sites is 3. The van der Waals surface area contributed by atoms with Gasteiger partial charge >= 0.3 is 0 Å². The van der Waals surface area contributed by atoms with Gasteiger partial charge in [-0.2, -0.15) is 0 Å². The Kier molecular flexibility index (Phi) is 8.07. The second-order valence-electron chi connectivity index (χ2n) is 21.6. The summed E-state index contributed by atoms with van der Waals surface area (Å²) in [5.74, 6) is 0.948. The van der Waals surface area contributed by atoms with Crippen molar-refractivity contribution in [1.82, 2.24) is 0 Å². The Bertz CT molecular complexity index is 3910. The van der Waals surface area contributed by atoms with E-state index in [2.05, 4.69) is 224 Å². The molecule has 0 N–H and O–H groups in total. The molecule has 14 rings (SSSR count). The average molecular weight is 892 g/mol. The third-order valence-electron chi connectivity index (χ3n) is 16.8. The maximum Gasteiger partial charge on any atom is 0.144 e. The van der Waals surface area contributed by atoms with Crippen LogP contribution in [0.2, 0.25) is 0 Å². The smallest absolute Gasteiger partial charge is 0.144 e. The highest BCUT2D eigenvalue weighted by Crippen LogP contribution is 2.64. The Morgan fingerprint density at radius 1 is 0.435 bits per heavy atom. The number of anilines is 3. The van der Waals surface area contributed by atoms with Crippen molar-refractivity contribution in [3.05, 3.63) is 214 Å². The van der Waals surface area contributed by atoms with Gasteiger partial charge in [-0.25, -0.2) is 0 Å². The number of ether oxygens (including phenoxy) is 1. The van der Waals surface area contributed by atoms with Gasteiger partial charge in [0.1, 0.15) is 23.5 Å². The SMILES string of the molecule is Cc1ccccc1-c1cc2c(c3c1COc1ccccc1-3)-c1ccc(N(c3ccc4c(c3)C(C)(C)c3c5c(c6c(oc7ccccc76)c3-4)-c3ccccc3C5(C)C)c3ccccc3C)cc1C2(C)C. The van der Waals surface area contributed by atoms with Gasteiger partial charge in [-0.15, -0.1) is 0 Å². The number of benzene rings is 9. The van der Waals surface area contributed by atoms with Crippen LogP contribution in [0.5, 0.6) is 5.75 Å². The summed E-state index contributed by atoms with van der Waals surface area (Å²) in [4.78, 5) is 2.51. The van der Waals surface area contributed by atoms with E-state index in [1.807, 2.05) is 0 Å². The lowest BCUT2D eigenvalue weighted by molar-refractivity contribution is 0.303. The molecule has 3 aliphatic carbocycles. The van der Waals surface area contributed by atoms with Crippen LogP contribution in [0.15, 0.2) is 168 Å². The summed E-state index contributed by atoms with van der Waals surface area (Å²) in [6.07, 6.45) is 0. The first-order valence-corrected chi connectivity index (χ1v) is 24.6. The molecule has 3 nitrogen and oxygen atoms in total. The molecule has 1 aliphatic heterocycles. The van der Waals surface area contributed by atoms with Crippen molar-refractivity contribution in [2.75, 3.05) is 4.90 Å². The predicted molar refractivity (Wildman–Crippen MR) is 286 cm³/mol. The molecule has 0 radical (unpaired) electrons. The van der Waals surface area contributed by atoms with E-state index in [0.717, 1.165) is 28.3 Å². The molecular weight excluding hydrogens is 839 g/mol. The molecule has 4 aliphatic rings. The molecule has 9 aromatic carbocycles. The van der Waals surface area contributed by atoms with Gasteiger partial charge in [0.25, 0.3) is 0 Å². The first-order valence-electron chi connectivity index (χ1n) is 24.6. The van der Waals surface area contributed by atoms with Gasteiger partial charge in [0, 0.05) is 66.3 Å². The maximum atomic E-state index is 7.05. The molecule has 0 saturated heterocycles. The quantitative estimate of drug-likeness (QED) is 0.176. The van der Waals surface area contributed by atoms with Gasteiger partial charge < -0.3 is 14.1 Å². The van der Waals surface area contributed by atoms with Crippen molar-refractivity contribution in [3.8, 4) is 61.4 Å². The number of fused-ring (bicyclic) bond motifs is 19. The van der Waals surface area contributed by atoms with Crippen LogP contribution in [-0.4, -0.2) is 0 Å². The summed E-state index contributed by atoms with van der Waals surface area (Å²) < 4.78 is 13.6. The van der Waals surface area contributed by atoms with Crippen LogP contribution >= 0.6 is 0 Å². The zero-order valence-corrected chi connectivity index (χ0v) is 40.6. The predicted octanol–water partition coefficient (Wildman–Crippen LogP) is 17.8. The van der Waals surface area contributed by atoms with Crippen molar-refractivity contribution in [2.24, 2.45) is 0 Å². The van der Waals surface area contributed by atoms with Gasteiger partial charge in [0.2, 0.25) is 0 Å². The fraction of sp³-hybridized carbons (Fsp3) is 0.182. The fourth-order valence-corrected chi connectivity index (χ4v) is 13.5. The normalized spacial score (nSPS) is 15.7. The summed E-state index contributed by atoms with van der Waals surface area (Å²) in [5, 5.41) is 2.41. The lowest BCUT2D eigenvalue weighted by Crippen LogP contribution is -2.24. The van der Waals surface area contributed by atoms with Gasteiger partial charge in [0.05, 0.1) is 0 Å². The fourth-order valence-electron chi connectivity index (χ4n) is 13.5. The summed E-state index contributed by atoms with van der Waals surface area (Å²) in [6, 6.07) is 60.9. The van der Waals surface area contributed by atoms with Crippen LogP contribution in [0.4, 0.5) is 17.1 Å². The molecule has 0 atom stereocenters. The minimum atomic E-state index is -0.329. The number of aryl methyl sites for hydroxylation is 2. The summed E-state index contributed by atoms with van der Waals surface area (Å²) >= 11 is 0. The molecule has 0 fully saturated rings. The van der Waals surface area contributed by atoms with Crippen molar-refractivity contribution in [3.63, 3.8) is 0 Å². The standard InChI is InChI=1S/C66H53NO2/c1-37-19-9-11-21-41(37)47-35-52-57(56-45-23-13-17-27-54(45)68-36-48(47)56)43-31-29-39(33-50(43)64(52,3)4)67(53-26-16-10-20-38(53)2)40-30-32-44-51(34-40)66(7,8)62-60(44)63-59(46-24-14-18-28-55(46)69-63)58-42-22-12-15-25-49(42)65(5,6)61(58)62/h9-35H,36H2,1-8H3. The van der Waals surface area contributed by atoms with Crippen LogP contribution in [0.1, 0.15) is 91.6 Å². The van der Waals surface area contributed by atoms with E-state index < -0.39 is 0 Å². The van der Waals surface area contributed by atoms with Crippen LogP contribution < -0.4 is 9.64 Å². The second kappa shape index (κ2) is 13.8. The highest BCUT2D eigenvalue weighted by molar-refractivity contribution is 6.21. The molecule has 2 heterocycles. The van der Waals surface area contributed by atoms with Gasteiger partial charge in [-0.1, -0.05) is 157 Å². The number of hydrogen-bond donors (Lipinski definition) is 0. The number of hydrogen-bond acceptors (Lipinski definition) is 3. The molecule has 0 unspecified atom stereocenters. The molecule has 0 amide bonds. The summed E-state index contributed by atoms with van der Waals surface area (Å²) in [7, 11) is 0. The Morgan fingerprint density at radius 2 is 1.01 bits per heavy atom. The number of nitrogens with zero attached hydrogens (tertiary/aromatic N) is 1. The molecule has 0 saturated carbocycles. The first kappa shape index (κ1) is 40.4. The van der Waals surface area contributed by atoms with Crippen molar-refractivity contribution in [1.29, 1.82) is 0 Å². The van der Waals surface area contributed by atoms with E-state index in [1.54, 1.807) is 0 Å². The van der Waals surface area contributed by atoms with Crippen molar-refractivity contribution in [2.45, 2.75) is 78.2 Å². The van der Waals surface area contributed by atoms with Gasteiger partial charge in [-0.3, -0.25) is 0 Å². The van der Waals surface area contributed by atoms with Crippen molar-refractivity contribution < 1.29 is 9.15 Å². The van der Waals surface area contributed by atoms with Crippen LogP contribution in [0.25, 0.3) is 77.6 Å². The van der Waals surface area contributed by atoms with E-state index >= 15 is 0 Å². The third-order valence-corrected chi connectivity index (χ3v) is 16.8. The molecule has 1 aromatic heterocycles. The minimum absolute atomic E-state index is 0.207. The summed E-state index contributed by atoms with van der Waals surface area (Å²) in [6.45, 7) is 19.6. The van der Waals surface area contributed by atoms with E-state index in [4.69, 9.17) is 9.15 Å². The lowest BCUT2D eigenvalue weighted by atomic mass is 9.72. The van der Waals surface area contributed by atoms with Crippen LogP contribution in [0.3, 0.4) is 0 Å². The van der Waals surface area contributed by atoms with E-state index in [1.165, 1.54) is 122 Å². The minimum Gasteiger partial charge on any atom is -0.488 e. The molecule has 0 bridgehead atoms. The van der Waals surface area contributed by atoms with Crippen molar-refractivity contribution >= 4 is 39.0 Å². The van der Waals surface area contributed by atoms with E-state index in [0.29, 0.717) is 6.61 Å². The molecule has 3 heteroatoms. The summed E-state index contributed by atoms with van der Waals surface area (Å²) in [5.41, 5.74) is 29.3. The molecule has 69 heavy (non-hydrogen) atoms. The zero-order valence-electron chi connectivity index (χ0n) is 40.6. The van der Waals surface area contributed by atoms with Crippen LogP contribution in [-0.2, 0) is 22.9 Å². The Morgan fingerprint density at radius 3 is 1.77 bits per heavy atom. The molecule has 0 spiro atoms. The second-order valence-corrected chi connectivity index (χ2v) is 21.6. The number of furan rings is 1. The van der Waals surface area contributed by atoms with E-state index in [9.17, 15) is 0 Å². The number of rotatable bonds is 4. The zero-order chi connectivity index (χ0) is 46.9. The Balaban J connectivity index is 0.983. The lowest BCUT2D eigenvalue weighted by Gasteiger charge is -2.32. The van der Waals surface area contributed by atoms with E-state index in [-0.39, 0.29) is 16.2 Å². The Hall–Kier alpha value is -7.62. The molecular formula is C66H53NO2. The Labute approximate surface area is 404 Å².